The molecule has 4 nitrogen and oxygen atoms in total. The van der Waals surface area contributed by atoms with Crippen LogP contribution in [0.15, 0.2) is 66.7 Å². The molecule has 1 N–H and O–H groups in total. The average molecular weight is 533 g/mol. The van der Waals surface area contributed by atoms with E-state index in [1.165, 1.54) is 18.2 Å². The van der Waals surface area contributed by atoms with Crippen molar-refractivity contribution in [3.63, 3.8) is 0 Å². The second-order valence-electron chi connectivity index (χ2n) is 9.66. The molecule has 2 aliphatic rings. The Hall–Kier alpha value is -3.10. The van der Waals surface area contributed by atoms with E-state index in [-0.39, 0.29) is 22.9 Å². The van der Waals surface area contributed by atoms with Crippen molar-refractivity contribution < 1.29 is 27.1 Å². The highest BCUT2D eigenvalue weighted by Gasteiger charge is 2.45. The molecule has 0 radical (unpaired) electrons. The number of piperidine rings is 1. The van der Waals surface area contributed by atoms with E-state index in [1.807, 2.05) is 0 Å². The van der Waals surface area contributed by atoms with E-state index in [0.717, 1.165) is 23.3 Å². The Bertz CT molecular complexity index is 1270. The van der Waals surface area contributed by atoms with Crippen LogP contribution in [0.3, 0.4) is 0 Å². The Kier molecular flexibility index (Phi) is 6.89. The summed E-state index contributed by atoms with van der Waals surface area (Å²) in [5, 5.41) is 3.51. The van der Waals surface area contributed by atoms with Crippen molar-refractivity contribution in [3.05, 3.63) is 94.3 Å². The largest absolute Gasteiger partial charge is 0.492 e. The van der Waals surface area contributed by atoms with Crippen LogP contribution in [0.5, 0.6) is 5.75 Å². The Morgan fingerprint density at radius 1 is 1.03 bits per heavy atom. The summed E-state index contributed by atoms with van der Waals surface area (Å²) in [5.41, 5.74) is 1.13. The van der Waals surface area contributed by atoms with Gasteiger partial charge in [0.25, 0.3) is 0 Å². The summed E-state index contributed by atoms with van der Waals surface area (Å²) in [5.74, 6) is -0.258. The lowest BCUT2D eigenvalue weighted by Gasteiger charge is -2.41. The summed E-state index contributed by atoms with van der Waals surface area (Å²) in [6, 6.07) is 16.1. The zero-order chi connectivity index (χ0) is 26.2. The number of rotatable bonds is 5. The number of nitrogens with zero attached hydrogens (tertiary/aromatic N) is 1. The van der Waals surface area contributed by atoms with Gasteiger partial charge in [-0.2, -0.15) is 13.2 Å². The minimum atomic E-state index is -4.43. The molecule has 9 heteroatoms. The molecule has 2 heterocycles. The molecule has 194 valence electrons. The van der Waals surface area contributed by atoms with Crippen LogP contribution in [-0.4, -0.2) is 36.5 Å². The smallest absolute Gasteiger partial charge is 0.416 e. The van der Waals surface area contributed by atoms with E-state index in [0.29, 0.717) is 49.7 Å². The van der Waals surface area contributed by atoms with Crippen LogP contribution >= 0.6 is 11.6 Å². The molecule has 0 aromatic heterocycles. The summed E-state index contributed by atoms with van der Waals surface area (Å²) in [7, 11) is 0. The summed E-state index contributed by atoms with van der Waals surface area (Å²) >= 11 is 5.96. The van der Waals surface area contributed by atoms with E-state index in [1.54, 1.807) is 36.4 Å². The minimum absolute atomic E-state index is 0.194. The number of anilines is 1. The van der Waals surface area contributed by atoms with E-state index < -0.39 is 17.8 Å². The number of hydrogen-bond acceptors (Lipinski definition) is 3. The number of amides is 1. The first-order valence-corrected chi connectivity index (χ1v) is 12.4. The fourth-order valence-electron chi connectivity index (χ4n) is 5.22. The normalized spacial score (nSPS) is 17.8. The lowest BCUT2D eigenvalue weighted by Crippen LogP contribution is -2.52. The van der Waals surface area contributed by atoms with Crippen LogP contribution in [0.1, 0.15) is 29.5 Å². The second kappa shape index (κ2) is 9.99. The molecule has 0 aliphatic carbocycles. The van der Waals surface area contributed by atoms with Crippen LogP contribution in [0.2, 0.25) is 5.02 Å². The maximum absolute atomic E-state index is 13.5. The van der Waals surface area contributed by atoms with Crippen LogP contribution in [0.25, 0.3) is 0 Å². The number of halogens is 5. The van der Waals surface area contributed by atoms with Crippen molar-refractivity contribution in [2.45, 2.75) is 36.9 Å². The Morgan fingerprint density at radius 2 is 1.70 bits per heavy atom. The maximum atomic E-state index is 13.5. The van der Waals surface area contributed by atoms with Gasteiger partial charge in [-0.15, -0.1) is 0 Å². The highest BCUT2D eigenvalue weighted by molar-refractivity contribution is 6.30. The zero-order valence-electron chi connectivity index (χ0n) is 19.8. The molecule has 0 saturated carbocycles. The number of hydrogen-bond donors (Lipinski definition) is 1. The number of ether oxygens (including phenoxy) is 1. The van der Waals surface area contributed by atoms with Gasteiger partial charge in [0.1, 0.15) is 11.6 Å². The van der Waals surface area contributed by atoms with Gasteiger partial charge in [-0.05, 0) is 86.4 Å². The molecule has 0 bridgehead atoms. The van der Waals surface area contributed by atoms with Crippen LogP contribution < -0.4 is 10.1 Å². The van der Waals surface area contributed by atoms with Gasteiger partial charge in [-0.3, -0.25) is 9.69 Å². The molecule has 1 fully saturated rings. The van der Waals surface area contributed by atoms with E-state index >= 15 is 0 Å². The van der Waals surface area contributed by atoms with Crippen molar-refractivity contribution in [2.75, 3.05) is 25.0 Å². The molecule has 2 aliphatic heterocycles. The summed E-state index contributed by atoms with van der Waals surface area (Å²) in [4.78, 5) is 15.5. The van der Waals surface area contributed by atoms with Gasteiger partial charge >= 0.3 is 6.18 Å². The number of likely N-dealkylation sites (tertiary alicyclic amines) is 1. The van der Waals surface area contributed by atoms with Gasteiger partial charge < -0.3 is 10.1 Å². The van der Waals surface area contributed by atoms with E-state index in [9.17, 15) is 22.4 Å². The summed E-state index contributed by atoms with van der Waals surface area (Å²) in [6.45, 7) is 1.44. The van der Waals surface area contributed by atoms with Gasteiger partial charge in [-0.1, -0.05) is 29.8 Å². The standard InChI is InChI=1S/C28H25ClF4N2O2/c29-20-4-8-22(9-5-20)34-26(36)24(15-18-1-6-21(30)7-2-18)35-13-11-27(12-14-35)17-37-25-16-19(28(31,32)33)3-10-23(25)27/h1-10,16,24H,11-15,17H2,(H,34,36). The second-order valence-corrected chi connectivity index (χ2v) is 10.1. The SMILES string of the molecule is O=C(Nc1ccc(Cl)cc1)C(Cc1ccc(F)cc1)N1CCC2(CC1)COc1cc(C(F)(F)F)ccc12. The third-order valence-corrected chi connectivity index (χ3v) is 7.59. The third-order valence-electron chi connectivity index (χ3n) is 7.34. The maximum Gasteiger partial charge on any atom is 0.416 e. The molecule has 37 heavy (non-hydrogen) atoms. The Balaban J connectivity index is 1.34. The first-order valence-electron chi connectivity index (χ1n) is 12.0. The van der Waals surface area contributed by atoms with Crippen molar-refractivity contribution >= 4 is 23.2 Å². The Morgan fingerprint density at radius 3 is 2.35 bits per heavy atom. The molecule has 3 aromatic rings. The number of carbonyl (C=O) groups is 1. The quantitative estimate of drug-likeness (QED) is 0.383. The lowest BCUT2D eigenvalue weighted by molar-refractivity contribution is -0.137. The fraction of sp³-hybridized carbons (Fsp3) is 0.321. The van der Waals surface area contributed by atoms with Crippen LogP contribution in [-0.2, 0) is 22.8 Å². The molecule has 1 amide bonds. The fourth-order valence-corrected chi connectivity index (χ4v) is 5.34. The molecule has 1 spiro atoms. The summed E-state index contributed by atoms with van der Waals surface area (Å²) < 4.78 is 58.7. The monoisotopic (exact) mass is 532 g/mol. The predicted molar refractivity (Wildman–Crippen MR) is 133 cm³/mol. The van der Waals surface area contributed by atoms with Crippen LogP contribution in [0.4, 0.5) is 23.2 Å². The number of alkyl halides is 3. The molecule has 1 atom stereocenters. The van der Waals surface area contributed by atoms with Gasteiger partial charge in [0.2, 0.25) is 5.91 Å². The van der Waals surface area contributed by atoms with Gasteiger partial charge in [0.15, 0.2) is 0 Å². The highest BCUT2D eigenvalue weighted by Crippen LogP contribution is 2.47. The van der Waals surface area contributed by atoms with Crippen molar-refractivity contribution in [1.29, 1.82) is 0 Å². The number of fused-ring (bicyclic) bond motifs is 2. The summed E-state index contributed by atoms with van der Waals surface area (Å²) in [6.07, 6.45) is -2.77. The molecule has 3 aromatic carbocycles. The molecule has 1 unspecified atom stereocenters. The molecular formula is C28H25ClF4N2O2. The zero-order valence-corrected chi connectivity index (χ0v) is 20.6. The minimum Gasteiger partial charge on any atom is -0.492 e. The lowest BCUT2D eigenvalue weighted by atomic mass is 9.74. The van der Waals surface area contributed by atoms with Gasteiger partial charge in [0.05, 0.1) is 18.2 Å². The molecule has 1 saturated heterocycles. The first-order chi connectivity index (χ1) is 17.6. The van der Waals surface area contributed by atoms with E-state index in [4.69, 9.17) is 16.3 Å². The number of carbonyl (C=O) groups excluding carboxylic acids is 1. The molecule has 5 rings (SSSR count). The third kappa shape index (κ3) is 5.45. The van der Waals surface area contributed by atoms with Gasteiger partial charge in [0, 0.05) is 21.7 Å². The van der Waals surface area contributed by atoms with Crippen molar-refractivity contribution in [2.24, 2.45) is 0 Å². The first kappa shape index (κ1) is 25.5. The Labute approximate surface area is 217 Å². The van der Waals surface area contributed by atoms with Crippen molar-refractivity contribution in [3.8, 4) is 5.75 Å². The van der Waals surface area contributed by atoms with E-state index in [2.05, 4.69) is 10.2 Å². The average Bonchev–Trinajstić information content (AvgIpc) is 3.22. The number of nitrogens with one attached hydrogen (secondary N) is 1. The number of benzene rings is 3. The predicted octanol–water partition coefficient (Wildman–Crippen LogP) is 6.47. The highest BCUT2D eigenvalue weighted by atomic mass is 35.5. The van der Waals surface area contributed by atoms with Gasteiger partial charge in [-0.25, -0.2) is 4.39 Å². The van der Waals surface area contributed by atoms with Crippen molar-refractivity contribution in [1.82, 2.24) is 4.90 Å². The topological polar surface area (TPSA) is 41.6 Å². The molecular weight excluding hydrogens is 508 g/mol. The van der Waals surface area contributed by atoms with Crippen LogP contribution in [0, 0.1) is 5.82 Å².